The van der Waals surface area contributed by atoms with E-state index in [1.165, 1.54) is 19.2 Å². The number of para-hydroxylation sites is 1. The highest BCUT2D eigenvalue weighted by Gasteiger charge is 2.15. The van der Waals surface area contributed by atoms with Gasteiger partial charge in [0.25, 0.3) is 5.91 Å². The molecule has 0 aromatic heterocycles. The molecule has 0 aliphatic carbocycles. The highest BCUT2D eigenvalue weighted by molar-refractivity contribution is 5.97. The van der Waals surface area contributed by atoms with Crippen LogP contribution in [-0.2, 0) is 14.3 Å². The lowest BCUT2D eigenvalue weighted by atomic mass is 10.1. The molecule has 26 heavy (non-hydrogen) atoms. The average molecular weight is 360 g/mol. The van der Waals surface area contributed by atoms with Gasteiger partial charge in [-0.15, -0.1) is 0 Å². The van der Waals surface area contributed by atoms with Crippen molar-refractivity contribution in [2.75, 3.05) is 25.6 Å². The number of amides is 1. The van der Waals surface area contributed by atoms with Crippen LogP contribution < -0.4 is 10.6 Å². The van der Waals surface area contributed by atoms with Crippen LogP contribution in [0.5, 0.6) is 0 Å². The molecule has 0 spiro atoms. The van der Waals surface area contributed by atoms with Crippen LogP contribution in [0.2, 0.25) is 0 Å². The minimum atomic E-state index is -0.634. The van der Waals surface area contributed by atoms with Crippen molar-refractivity contribution < 1.29 is 23.5 Å². The maximum absolute atomic E-state index is 13.0. The maximum atomic E-state index is 13.0. The highest BCUT2D eigenvalue weighted by atomic mass is 19.1. The third kappa shape index (κ3) is 5.86. The maximum Gasteiger partial charge on any atom is 0.340 e. The van der Waals surface area contributed by atoms with Crippen LogP contribution in [0, 0.1) is 5.82 Å². The summed E-state index contributed by atoms with van der Waals surface area (Å²) in [5.74, 6) is -1.39. The predicted octanol–water partition coefficient (Wildman–Crippen LogP) is 2.88. The summed E-state index contributed by atoms with van der Waals surface area (Å²) >= 11 is 0. The summed E-state index contributed by atoms with van der Waals surface area (Å²) in [7, 11) is 1.54. The molecule has 2 N–H and O–H groups in total. The Hall–Kier alpha value is -2.93. The van der Waals surface area contributed by atoms with Gasteiger partial charge in [-0.25, -0.2) is 9.18 Å². The molecule has 0 saturated heterocycles. The van der Waals surface area contributed by atoms with Crippen molar-refractivity contribution in [1.82, 2.24) is 5.32 Å². The first kappa shape index (κ1) is 19.4. The van der Waals surface area contributed by atoms with E-state index < -0.39 is 18.5 Å². The van der Waals surface area contributed by atoms with Crippen molar-refractivity contribution in [2.24, 2.45) is 0 Å². The Balaban J connectivity index is 1.98. The smallest absolute Gasteiger partial charge is 0.340 e. The molecular formula is C19H21FN2O4. The van der Waals surface area contributed by atoms with E-state index in [0.717, 1.165) is 0 Å². The van der Waals surface area contributed by atoms with Crippen molar-refractivity contribution in [3.05, 3.63) is 59.9 Å². The topological polar surface area (TPSA) is 76.7 Å². The van der Waals surface area contributed by atoms with Crippen LogP contribution in [0.15, 0.2) is 48.5 Å². The number of halogens is 1. The Kier molecular flexibility index (Phi) is 7.11. The molecule has 6 nitrogen and oxygen atoms in total. The fourth-order valence-corrected chi connectivity index (χ4v) is 2.28. The van der Waals surface area contributed by atoms with Crippen molar-refractivity contribution in [3.8, 4) is 0 Å². The van der Waals surface area contributed by atoms with E-state index in [0.29, 0.717) is 18.0 Å². The number of carbonyl (C=O) groups is 2. The summed E-state index contributed by atoms with van der Waals surface area (Å²) in [4.78, 5) is 24.1. The molecule has 0 bridgehead atoms. The second-order valence-corrected chi connectivity index (χ2v) is 5.68. The summed E-state index contributed by atoms with van der Waals surface area (Å²) < 4.78 is 23.0. The first-order valence-electron chi connectivity index (χ1n) is 8.06. The van der Waals surface area contributed by atoms with Gasteiger partial charge in [0, 0.05) is 18.8 Å². The summed E-state index contributed by atoms with van der Waals surface area (Å²) in [6.07, 6.45) is 0. The van der Waals surface area contributed by atoms with Crippen LogP contribution in [0.4, 0.5) is 15.8 Å². The molecule has 2 aromatic rings. The molecule has 2 rings (SSSR count). The molecule has 7 heteroatoms. The lowest BCUT2D eigenvalue weighted by Gasteiger charge is -2.14. The van der Waals surface area contributed by atoms with Gasteiger partial charge in [-0.1, -0.05) is 12.1 Å². The summed E-state index contributed by atoms with van der Waals surface area (Å²) in [5.41, 5.74) is 1.39. The van der Waals surface area contributed by atoms with Crippen LogP contribution in [0.1, 0.15) is 17.3 Å². The monoisotopic (exact) mass is 360 g/mol. The van der Waals surface area contributed by atoms with Gasteiger partial charge in [0.1, 0.15) is 5.82 Å². The van der Waals surface area contributed by atoms with Gasteiger partial charge in [-0.3, -0.25) is 4.79 Å². The Labute approximate surface area is 151 Å². The molecule has 138 valence electrons. The summed E-state index contributed by atoms with van der Waals surface area (Å²) in [6, 6.07) is 12.3. The van der Waals surface area contributed by atoms with Crippen LogP contribution >= 0.6 is 0 Å². The fourth-order valence-electron chi connectivity index (χ4n) is 2.28. The molecule has 0 aliphatic rings. The molecule has 0 fully saturated rings. The zero-order chi connectivity index (χ0) is 18.9. The van der Waals surface area contributed by atoms with E-state index in [4.69, 9.17) is 9.47 Å². The number of esters is 1. The molecule has 2 aromatic carbocycles. The number of benzene rings is 2. The standard InChI is InChI=1S/C19H21FN2O4/c1-13(11-25-2)21-18(23)12-26-19(24)16-5-3-4-6-17(16)22-15-9-7-14(20)8-10-15/h3-10,13,22H,11-12H2,1-2H3,(H,21,23). The Bertz CT molecular complexity index is 749. The fraction of sp³-hybridized carbons (Fsp3) is 0.263. The first-order chi connectivity index (χ1) is 12.5. The van der Waals surface area contributed by atoms with E-state index in [2.05, 4.69) is 10.6 Å². The van der Waals surface area contributed by atoms with Crippen molar-refractivity contribution in [3.63, 3.8) is 0 Å². The molecule has 0 aliphatic heterocycles. The van der Waals surface area contributed by atoms with E-state index in [1.54, 1.807) is 43.3 Å². The average Bonchev–Trinajstić information content (AvgIpc) is 2.62. The van der Waals surface area contributed by atoms with Crippen molar-refractivity contribution in [1.29, 1.82) is 0 Å². The zero-order valence-electron chi connectivity index (χ0n) is 14.6. The van der Waals surface area contributed by atoms with E-state index in [-0.39, 0.29) is 17.4 Å². The molecule has 1 unspecified atom stereocenters. The quantitative estimate of drug-likeness (QED) is 0.708. The number of hydrogen-bond acceptors (Lipinski definition) is 5. The van der Waals surface area contributed by atoms with E-state index in [9.17, 15) is 14.0 Å². The number of anilines is 2. The highest BCUT2D eigenvalue weighted by Crippen LogP contribution is 2.21. The number of methoxy groups -OCH3 is 1. The van der Waals surface area contributed by atoms with E-state index >= 15 is 0 Å². The Morgan fingerprint density at radius 1 is 1.12 bits per heavy atom. The molecular weight excluding hydrogens is 339 g/mol. The van der Waals surface area contributed by atoms with Gasteiger partial charge >= 0.3 is 5.97 Å². The number of rotatable bonds is 8. The van der Waals surface area contributed by atoms with E-state index in [1.807, 2.05) is 0 Å². The predicted molar refractivity (Wildman–Crippen MR) is 95.9 cm³/mol. The van der Waals surface area contributed by atoms with Crippen molar-refractivity contribution >= 4 is 23.3 Å². The van der Waals surface area contributed by atoms with Crippen molar-refractivity contribution in [2.45, 2.75) is 13.0 Å². The van der Waals surface area contributed by atoms with Gasteiger partial charge in [0.15, 0.2) is 6.61 Å². The number of nitrogens with one attached hydrogen (secondary N) is 2. The van der Waals surface area contributed by atoms with Gasteiger partial charge in [-0.2, -0.15) is 0 Å². The molecule has 1 amide bonds. The second kappa shape index (κ2) is 9.53. The molecule has 1 atom stereocenters. The molecule has 0 radical (unpaired) electrons. The third-order valence-corrected chi connectivity index (χ3v) is 3.43. The Morgan fingerprint density at radius 3 is 2.50 bits per heavy atom. The first-order valence-corrected chi connectivity index (χ1v) is 8.06. The lowest BCUT2D eigenvalue weighted by Crippen LogP contribution is -2.38. The second-order valence-electron chi connectivity index (χ2n) is 5.68. The number of hydrogen-bond donors (Lipinski definition) is 2. The Morgan fingerprint density at radius 2 is 1.81 bits per heavy atom. The minimum absolute atomic E-state index is 0.182. The SMILES string of the molecule is COCC(C)NC(=O)COC(=O)c1ccccc1Nc1ccc(F)cc1. The van der Waals surface area contributed by atoms with Gasteiger partial charge in [0.05, 0.1) is 17.9 Å². The largest absolute Gasteiger partial charge is 0.452 e. The molecule has 0 heterocycles. The zero-order valence-corrected chi connectivity index (χ0v) is 14.6. The number of ether oxygens (including phenoxy) is 2. The summed E-state index contributed by atoms with van der Waals surface area (Å²) in [6.45, 7) is 1.76. The van der Waals surface area contributed by atoms with Crippen LogP contribution in [0.3, 0.4) is 0 Å². The molecule has 0 saturated carbocycles. The van der Waals surface area contributed by atoms with Gasteiger partial charge < -0.3 is 20.1 Å². The van der Waals surface area contributed by atoms with Gasteiger partial charge in [-0.05, 0) is 43.3 Å². The normalized spacial score (nSPS) is 11.5. The lowest BCUT2D eigenvalue weighted by molar-refractivity contribution is -0.125. The minimum Gasteiger partial charge on any atom is -0.452 e. The number of carbonyl (C=O) groups excluding carboxylic acids is 2. The van der Waals surface area contributed by atoms with Crippen LogP contribution in [0.25, 0.3) is 0 Å². The van der Waals surface area contributed by atoms with Gasteiger partial charge in [0.2, 0.25) is 0 Å². The summed E-state index contributed by atoms with van der Waals surface area (Å²) in [5, 5.41) is 5.69. The third-order valence-electron chi connectivity index (χ3n) is 3.43. The van der Waals surface area contributed by atoms with Crippen LogP contribution in [-0.4, -0.2) is 38.2 Å².